The Balaban J connectivity index is 1.51. The molecule has 0 bridgehead atoms. The predicted molar refractivity (Wildman–Crippen MR) is 108 cm³/mol. The number of nitrogens with one attached hydrogen (secondary N) is 1. The number of rotatable bonds is 7. The Labute approximate surface area is 162 Å². The number of ether oxygens (including phenoxy) is 1. The lowest BCUT2D eigenvalue weighted by molar-refractivity contribution is 0.00102. The van der Waals surface area contributed by atoms with Crippen LogP contribution in [0.2, 0.25) is 0 Å². The van der Waals surface area contributed by atoms with Crippen LogP contribution in [0.15, 0.2) is 17.6 Å². The van der Waals surface area contributed by atoms with E-state index in [1.54, 1.807) is 0 Å². The average Bonchev–Trinajstić information content (AvgIpc) is 3.32. The van der Waals surface area contributed by atoms with Crippen LogP contribution in [0.5, 0.6) is 0 Å². The quantitative estimate of drug-likeness (QED) is 0.451. The molecule has 1 aromatic heterocycles. The maximum absolute atomic E-state index is 6.20. The van der Waals surface area contributed by atoms with Crippen molar-refractivity contribution in [1.29, 1.82) is 0 Å². The monoisotopic (exact) mass is 374 g/mol. The van der Waals surface area contributed by atoms with E-state index in [0.29, 0.717) is 19.2 Å². The molecule has 7 nitrogen and oxygen atoms in total. The molecule has 1 aliphatic heterocycles. The van der Waals surface area contributed by atoms with Gasteiger partial charge in [-0.25, -0.2) is 4.99 Å². The zero-order valence-electron chi connectivity index (χ0n) is 16.9. The molecule has 1 aliphatic carbocycles. The molecule has 1 saturated heterocycles. The van der Waals surface area contributed by atoms with E-state index in [1.807, 2.05) is 24.6 Å². The number of aliphatic imine (C=N–C) groups is 1. The highest BCUT2D eigenvalue weighted by Gasteiger charge is 2.24. The Kier molecular flexibility index (Phi) is 7.26. The molecule has 3 rings (SSSR count). The van der Waals surface area contributed by atoms with E-state index < -0.39 is 0 Å². The molecule has 7 heteroatoms. The molecule has 0 atom stereocenters. The van der Waals surface area contributed by atoms with Gasteiger partial charge in [-0.1, -0.05) is 18.9 Å². The van der Waals surface area contributed by atoms with Gasteiger partial charge in [0.25, 0.3) is 0 Å². The van der Waals surface area contributed by atoms with Gasteiger partial charge in [0.1, 0.15) is 12.4 Å². The molecule has 2 heterocycles. The highest BCUT2D eigenvalue weighted by Crippen LogP contribution is 2.26. The summed E-state index contributed by atoms with van der Waals surface area (Å²) in [5, 5.41) is 11.7. The average molecular weight is 375 g/mol. The third-order valence-electron chi connectivity index (χ3n) is 5.74. The first-order valence-corrected chi connectivity index (χ1v) is 10.3. The molecule has 2 fully saturated rings. The second-order valence-corrected chi connectivity index (χ2v) is 7.70. The van der Waals surface area contributed by atoms with Crippen LogP contribution >= 0.6 is 0 Å². The van der Waals surface area contributed by atoms with Crippen molar-refractivity contribution in [3.63, 3.8) is 0 Å². The van der Waals surface area contributed by atoms with Gasteiger partial charge in [-0.15, -0.1) is 16.8 Å². The minimum atomic E-state index is 0.392. The van der Waals surface area contributed by atoms with Crippen LogP contribution in [0.25, 0.3) is 0 Å². The van der Waals surface area contributed by atoms with Crippen molar-refractivity contribution in [3.8, 4) is 0 Å². The summed E-state index contributed by atoms with van der Waals surface area (Å²) in [4.78, 5) is 7.10. The smallest absolute Gasteiger partial charge is 0.194 e. The lowest BCUT2D eigenvalue weighted by atomic mass is 10.1. The second kappa shape index (κ2) is 9.88. The van der Waals surface area contributed by atoms with E-state index in [0.717, 1.165) is 56.1 Å². The molecule has 27 heavy (non-hydrogen) atoms. The summed E-state index contributed by atoms with van der Waals surface area (Å²) in [5.74, 6) is 3.50. The van der Waals surface area contributed by atoms with Crippen LogP contribution < -0.4 is 5.32 Å². The minimum Gasteiger partial charge on any atom is -0.378 e. The fourth-order valence-electron chi connectivity index (χ4n) is 3.85. The van der Waals surface area contributed by atoms with Crippen LogP contribution in [-0.2, 0) is 18.3 Å². The lowest BCUT2D eigenvalue weighted by Crippen LogP contribution is -2.47. The number of piperidine rings is 1. The number of likely N-dealkylation sites (tertiary alicyclic amines) is 1. The van der Waals surface area contributed by atoms with E-state index in [2.05, 4.69) is 27.0 Å². The van der Waals surface area contributed by atoms with Crippen molar-refractivity contribution in [2.75, 3.05) is 26.2 Å². The minimum absolute atomic E-state index is 0.392. The van der Waals surface area contributed by atoms with Crippen molar-refractivity contribution in [1.82, 2.24) is 25.0 Å². The summed E-state index contributed by atoms with van der Waals surface area (Å²) in [6.45, 7) is 9.87. The van der Waals surface area contributed by atoms with Crippen LogP contribution in [0.3, 0.4) is 0 Å². The maximum Gasteiger partial charge on any atom is 0.194 e. The van der Waals surface area contributed by atoms with E-state index in [4.69, 9.17) is 9.73 Å². The zero-order valence-corrected chi connectivity index (χ0v) is 16.9. The molecule has 0 amide bonds. The summed E-state index contributed by atoms with van der Waals surface area (Å²) >= 11 is 0. The van der Waals surface area contributed by atoms with Crippen molar-refractivity contribution < 1.29 is 4.74 Å². The first-order chi connectivity index (χ1) is 13.2. The molecule has 2 aliphatic rings. The fraction of sp³-hybridized carbons (Fsp3) is 0.750. The molecule has 0 unspecified atom stereocenters. The van der Waals surface area contributed by atoms with Crippen LogP contribution in [-0.4, -0.2) is 58.0 Å². The SMILES string of the molecule is C=CCNC(=NCc1nnc(C)n1C)N1CCC(OCC2CCCC2)CC1. The highest BCUT2D eigenvalue weighted by atomic mass is 16.5. The number of hydrogen-bond donors (Lipinski definition) is 1. The first-order valence-electron chi connectivity index (χ1n) is 10.3. The number of aryl methyl sites for hydroxylation is 1. The summed E-state index contributed by atoms with van der Waals surface area (Å²) in [5.41, 5.74) is 0. The Morgan fingerprint density at radius 3 is 2.63 bits per heavy atom. The topological polar surface area (TPSA) is 67.6 Å². The third kappa shape index (κ3) is 5.54. The summed E-state index contributed by atoms with van der Waals surface area (Å²) < 4.78 is 8.18. The fourth-order valence-corrected chi connectivity index (χ4v) is 3.85. The largest absolute Gasteiger partial charge is 0.378 e. The molecule has 0 radical (unpaired) electrons. The van der Waals surface area contributed by atoms with Crippen molar-refractivity contribution in [2.45, 2.75) is 58.1 Å². The van der Waals surface area contributed by atoms with E-state index >= 15 is 0 Å². The van der Waals surface area contributed by atoms with Gasteiger partial charge in [-0.3, -0.25) is 0 Å². The molecular formula is C20H34N6O. The third-order valence-corrected chi connectivity index (χ3v) is 5.74. The maximum atomic E-state index is 6.20. The van der Waals surface area contributed by atoms with Crippen molar-refractivity contribution in [3.05, 3.63) is 24.3 Å². The number of nitrogens with zero attached hydrogens (tertiary/aromatic N) is 5. The summed E-state index contributed by atoms with van der Waals surface area (Å²) in [6.07, 6.45) is 9.84. The summed E-state index contributed by atoms with van der Waals surface area (Å²) in [6, 6.07) is 0. The molecule has 1 aromatic rings. The molecule has 150 valence electrons. The normalized spacial score (nSPS) is 19.6. The molecular weight excluding hydrogens is 340 g/mol. The Morgan fingerprint density at radius 1 is 1.26 bits per heavy atom. The van der Waals surface area contributed by atoms with Gasteiger partial charge < -0.3 is 19.5 Å². The molecule has 1 saturated carbocycles. The molecule has 0 aromatic carbocycles. The summed E-state index contributed by atoms with van der Waals surface area (Å²) in [7, 11) is 1.98. The van der Waals surface area contributed by atoms with Gasteiger partial charge in [-0.2, -0.15) is 0 Å². The first kappa shape index (κ1) is 19.9. The van der Waals surface area contributed by atoms with E-state index in [1.165, 1.54) is 25.7 Å². The van der Waals surface area contributed by atoms with Crippen molar-refractivity contribution >= 4 is 5.96 Å². The Hall–Kier alpha value is -1.89. The predicted octanol–water partition coefficient (Wildman–Crippen LogP) is 2.43. The number of hydrogen-bond acceptors (Lipinski definition) is 4. The standard InChI is InChI=1S/C20H34N6O/c1-4-11-21-20(22-14-19-24-23-16(2)25(19)3)26-12-9-18(10-13-26)27-15-17-7-5-6-8-17/h4,17-18H,1,5-15H2,2-3H3,(H,21,22). The van der Waals surface area contributed by atoms with Gasteiger partial charge >= 0.3 is 0 Å². The second-order valence-electron chi connectivity index (χ2n) is 7.70. The molecule has 0 spiro atoms. The van der Waals surface area contributed by atoms with Crippen LogP contribution in [0, 0.1) is 12.8 Å². The van der Waals surface area contributed by atoms with Gasteiger partial charge in [0.15, 0.2) is 11.8 Å². The van der Waals surface area contributed by atoms with Crippen LogP contribution in [0.4, 0.5) is 0 Å². The van der Waals surface area contributed by atoms with E-state index in [9.17, 15) is 0 Å². The van der Waals surface area contributed by atoms with Gasteiger partial charge in [0.05, 0.1) is 6.10 Å². The van der Waals surface area contributed by atoms with Gasteiger partial charge in [0.2, 0.25) is 0 Å². The Morgan fingerprint density at radius 2 is 2.00 bits per heavy atom. The highest BCUT2D eigenvalue weighted by molar-refractivity contribution is 5.80. The zero-order chi connectivity index (χ0) is 19.1. The molecule has 1 N–H and O–H groups in total. The Bertz CT molecular complexity index is 626. The van der Waals surface area contributed by atoms with Crippen LogP contribution in [0.1, 0.15) is 50.2 Å². The lowest BCUT2D eigenvalue weighted by Gasteiger charge is -2.34. The van der Waals surface area contributed by atoms with Gasteiger partial charge in [0, 0.05) is 33.3 Å². The van der Waals surface area contributed by atoms with Gasteiger partial charge in [-0.05, 0) is 38.5 Å². The van der Waals surface area contributed by atoms with Crippen molar-refractivity contribution in [2.24, 2.45) is 18.0 Å². The number of guanidine groups is 1. The number of aromatic nitrogens is 3. The van der Waals surface area contributed by atoms with E-state index in [-0.39, 0.29) is 0 Å².